The van der Waals surface area contributed by atoms with Crippen molar-refractivity contribution in [2.45, 2.75) is 46.6 Å². The third kappa shape index (κ3) is 5.30. The highest BCUT2D eigenvalue weighted by molar-refractivity contribution is 6.29. The minimum Gasteiger partial charge on any atom is -0.347 e. The first-order valence-electron chi connectivity index (χ1n) is 6.54. The summed E-state index contributed by atoms with van der Waals surface area (Å²) in [5.74, 6) is -0.528. The molecule has 7 heteroatoms. The van der Waals surface area contributed by atoms with Crippen molar-refractivity contribution in [2.75, 3.05) is 0 Å². The summed E-state index contributed by atoms with van der Waals surface area (Å²) < 4.78 is 0. The zero-order valence-corrected chi connectivity index (χ0v) is 13.6. The van der Waals surface area contributed by atoms with Crippen molar-refractivity contribution < 1.29 is 9.72 Å². The summed E-state index contributed by atoms with van der Waals surface area (Å²) in [5, 5.41) is 13.8. The van der Waals surface area contributed by atoms with Gasteiger partial charge in [-0.15, -0.1) is 0 Å². The average molecular weight is 314 g/mol. The second kappa shape index (κ2) is 5.97. The maximum Gasteiger partial charge on any atom is 0.300 e. The van der Waals surface area contributed by atoms with E-state index in [1.807, 2.05) is 13.8 Å². The third-order valence-corrected chi connectivity index (χ3v) is 2.92. The van der Waals surface area contributed by atoms with Crippen molar-refractivity contribution in [1.82, 2.24) is 10.3 Å². The molecule has 0 unspecified atom stereocenters. The van der Waals surface area contributed by atoms with Crippen LogP contribution in [0.4, 0.5) is 5.69 Å². The van der Waals surface area contributed by atoms with E-state index in [0.29, 0.717) is 0 Å². The van der Waals surface area contributed by atoms with Gasteiger partial charge in [0.25, 0.3) is 11.6 Å². The van der Waals surface area contributed by atoms with Crippen LogP contribution in [-0.4, -0.2) is 21.4 Å². The van der Waals surface area contributed by atoms with Crippen LogP contribution in [0.1, 0.15) is 51.4 Å². The molecule has 1 rings (SSSR count). The van der Waals surface area contributed by atoms with Crippen LogP contribution in [0.2, 0.25) is 5.15 Å². The zero-order valence-electron chi connectivity index (χ0n) is 12.9. The van der Waals surface area contributed by atoms with Crippen molar-refractivity contribution >= 4 is 23.2 Å². The van der Waals surface area contributed by atoms with E-state index in [-0.39, 0.29) is 21.8 Å². The Balaban J connectivity index is 3.04. The van der Waals surface area contributed by atoms with E-state index in [4.69, 9.17) is 11.6 Å². The van der Waals surface area contributed by atoms with Gasteiger partial charge in [0, 0.05) is 5.54 Å². The van der Waals surface area contributed by atoms with Crippen LogP contribution < -0.4 is 5.32 Å². The van der Waals surface area contributed by atoms with Crippen LogP contribution >= 0.6 is 11.6 Å². The van der Waals surface area contributed by atoms with E-state index in [9.17, 15) is 14.9 Å². The highest BCUT2D eigenvalue weighted by atomic mass is 35.5. The largest absolute Gasteiger partial charge is 0.347 e. The third-order valence-electron chi connectivity index (χ3n) is 2.72. The van der Waals surface area contributed by atoms with Gasteiger partial charge >= 0.3 is 0 Å². The van der Waals surface area contributed by atoms with E-state index < -0.39 is 16.4 Å². The summed E-state index contributed by atoms with van der Waals surface area (Å²) in [4.78, 5) is 26.3. The highest BCUT2D eigenvalue weighted by Gasteiger charge is 2.30. The molecule has 21 heavy (non-hydrogen) atoms. The van der Waals surface area contributed by atoms with E-state index in [1.54, 1.807) is 0 Å². The topological polar surface area (TPSA) is 85.1 Å². The average Bonchev–Trinajstić information content (AvgIpc) is 2.23. The van der Waals surface area contributed by atoms with Gasteiger partial charge in [0.2, 0.25) is 0 Å². The Kier molecular flexibility index (Phi) is 4.94. The van der Waals surface area contributed by atoms with Gasteiger partial charge in [-0.05, 0) is 31.7 Å². The molecule has 0 atom stereocenters. The molecule has 6 nitrogen and oxygen atoms in total. The normalized spacial score (nSPS) is 12.1. The lowest BCUT2D eigenvalue weighted by Gasteiger charge is -2.33. The number of aromatic nitrogens is 1. The monoisotopic (exact) mass is 313 g/mol. The number of carbonyl (C=O) groups is 1. The van der Waals surface area contributed by atoms with Gasteiger partial charge in [0.15, 0.2) is 0 Å². The zero-order chi connectivity index (χ0) is 16.4. The van der Waals surface area contributed by atoms with Gasteiger partial charge in [-0.2, -0.15) is 0 Å². The Labute approximate surface area is 129 Å². The second-order valence-electron chi connectivity index (χ2n) is 6.86. The van der Waals surface area contributed by atoms with Crippen molar-refractivity contribution in [3.05, 3.63) is 33.1 Å². The summed E-state index contributed by atoms with van der Waals surface area (Å²) in [6, 6.07) is 1.21. The summed E-state index contributed by atoms with van der Waals surface area (Å²) in [6.45, 7) is 9.95. The number of amides is 1. The molecule has 0 aliphatic heterocycles. The molecule has 1 aromatic heterocycles. The molecule has 0 fully saturated rings. The molecule has 1 N–H and O–H groups in total. The summed E-state index contributed by atoms with van der Waals surface area (Å²) in [5.41, 5.74) is -0.928. The molecule has 0 bridgehead atoms. The molecule has 0 aliphatic rings. The maximum absolute atomic E-state index is 12.3. The van der Waals surface area contributed by atoms with Gasteiger partial charge in [0.1, 0.15) is 16.9 Å². The standard InChI is InChI=1S/C14H20ClN3O3/c1-13(2,3)8-14(4,5)17-12(19)9-6-11(15)16-7-10(9)18(20)21/h6-7H,8H2,1-5H3,(H,17,19). The number of rotatable bonds is 4. The number of nitrogens with one attached hydrogen (secondary N) is 1. The van der Waals surface area contributed by atoms with Crippen LogP contribution in [0.15, 0.2) is 12.3 Å². The van der Waals surface area contributed by atoms with Crippen LogP contribution in [0.25, 0.3) is 0 Å². The molecule has 0 aliphatic carbocycles. The minimum absolute atomic E-state index is 0.0125. The predicted octanol–water partition coefficient (Wildman–Crippen LogP) is 3.59. The molecular formula is C14H20ClN3O3. The van der Waals surface area contributed by atoms with Gasteiger partial charge in [-0.1, -0.05) is 32.4 Å². The van der Waals surface area contributed by atoms with Gasteiger partial charge in [0.05, 0.1) is 4.92 Å². The number of carbonyl (C=O) groups excluding carboxylic acids is 1. The molecule has 0 radical (unpaired) electrons. The Bertz CT molecular complexity index is 565. The highest BCUT2D eigenvalue weighted by Crippen LogP contribution is 2.28. The van der Waals surface area contributed by atoms with E-state index in [2.05, 4.69) is 31.1 Å². The van der Waals surface area contributed by atoms with Crippen molar-refractivity contribution in [1.29, 1.82) is 0 Å². The van der Waals surface area contributed by atoms with Crippen LogP contribution in [0, 0.1) is 15.5 Å². The summed E-state index contributed by atoms with van der Waals surface area (Å²) >= 11 is 5.73. The Morgan fingerprint density at radius 3 is 2.43 bits per heavy atom. The lowest BCUT2D eigenvalue weighted by molar-refractivity contribution is -0.385. The van der Waals surface area contributed by atoms with E-state index in [0.717, 1.165) is 12.6 Å². The van der Waals surface area contributed by atoms with Crippen molar-refractivity contribution in [3.63, 3.8) is 0 Å². The first-order chi connectivity index (χ1) is 9.41. The number of pyridine rings is 1. The Morgan fingerprint density at radius 1 is 1.38 bits per heavy atom. The fourth-order valence-corrected chi connectivity index (χ4v) is 2.65. The van der Waals surface area contributed by atoms with Gasteiger partial charge in [-0.25, -0.2) is 4.98 Å². The Hall–Kier alpha value is -1.69. The lowest BCUT2D eigenvalue weighted by Crippen LogP contribution is -2.46. The second-order valence-corrected chi connectivity index (χ2v) is 7.24. The van der Waals surface area contributed by atoms with Crippen LogP contribution in [0.3, 0.4) is 0 Å². The molecule has 0 saturated heterocycles. The smallest absolute Gasteiger partial charge is 0.300 e. The molecule has 0 aromatic carbocycles. The molecule has 116 valence electrons. The lowest BCUT2D eigenvalue weighted by atomic mass is 9.81. The minimum atomic E-state index is -0.644. The molecule has 1 aromatic rings. The molecule has 1 heterocycles. The van der Waals surface area contributed by atoms with E-state index >= 15 is 0 Å². The number of hydrogen-bond donors (Lipinski definition) is 1. The fourth-order valence-electron chi connectivity index (χ4n) is 2.49. The maximum atomic E-state index is 12.3. The van der Waals surface area contributed by atoms with E-state index in [1.165, 1.54) is 6.07 Å². The van der Waals surface area contributed by atoms with Gasteiger partial charge in [-0.3, -0.25) is 14.9 Å². The Morgan fingerprint density at radius 2 is 1.95 bits per heavy atom. The van der Waals surface area contributed by atoms with Crippen LogP contribution in [-0.2, 0) is 0 Å². The predicted molar refractivity (Wildman–Crippen MR) is 81.5 cm³/mol. The molecule has 0 spiro atoms. The number of nitro groups is 1. The summed E-state index contributed by atoms with van der Waals surface area (Å²) in [6.07, 6.45) is 1.71. The number of nitrogens with zero attached hydrogens (tertiary/aromatic N) is 2. The molecular weight excluding hydrogens is 294 g/mol. The quantitative estimate of drug-likeness (QED) is 0.523. The van der Waals surface area contributed by atoms with Crippen LogP contribution in [0.5, 0.6) is 0 Å². The first kappa shape index (κ1) is 17.4. The SMILES string of the molecule is CC(C)(C)CC(C)(C)NC(=O)c1cc(Cl)ncc1[N+](=O)[O-]. The first-order valence-corrected chi connectivity index (χ1v) is 6.91. The molecule has 1 amide bonds. The van der Waals surface area contributed by atoms with Gasteiger partial charge < -0.3 is 5.32 Å². The molecule has 0 saturated carbocycles. The summed E-state index contributed by atoms with van der Waals surface area (Å²) in [7, 11) is 0. The van der Waals surface area contributed by atoms with Crippen molar-refractivity contribution in [3.8, 4) is 0 Å². The number of halogens is 1. The fraction of sp³-hybridized carbons (Fsp3) is 0.571. The number of hydrogen-bond acceptors (Lipinski definition) is 4. The van der Waals surface area contributed by atoms with Crippen molar-refractivity contribution in [2.24, 2.45) is 5.41 Å².